The Bertz CT molecular complexity index is 583. The topological polar surface area (TPSA) is 84.8 Å². The minimum Gasteiger partial charge on any atom is -0.396 e. The summed E-state index contributed by atoms with van der Waals surface area (Å²) < 4.78 is 42.7. The largest absolute Gasteiger partial charge is 0.396 e. The number of unbranched alkanes of at least 4 members (excludes halogenated alkanes) is 4. The van der Waals surface area contributed by atoms with Gasteiger partial charge >= 0.3 is 0 Å². The molecule has 0 bridgehead atoms. The Hall–Kier alpha value is -0.320. The SMILES string of the molecule is CCCCCCC[C@H]1OC(C)(C)O[C@@H]1C[C@H]1O[C@@H](CCO)[C@@H](OCOC)[C@@H]2OC(C)(C)O[C@@H]21. The van der Waals surface area contributed by atoms with Gasteiger partial charge in [0.25, 0.3) is 0 Å². The fourth-order valence-electron chi connectivity index (χ4n) is 5.38. The number of hydrogen-bond acceptors (Lipinski definition) is 8. The maximum atomic E-state index is 9.66. The van der Waals surface area contributed by atoms with Gasteiger partial charge in [-0.25, -0.2) is 0 Å². The van der Waals surface area contributed by atoms with Gasteiger partial charge in [0, 0.05) is 20.1 Å². The van der Waals surface area contributed by atoms with E-state index in [0.717, 1.165) is 12.8 Å². The molecule has 0 aliphatic carbocycles. The molecule has 0 radical (unpaired) electrons. The first-order valence-corrected chi connectivity index (χ1v) is 12.8. The van der Waals surface area contributed by atoms with Crippen LogP contribution in [0.1, 0.15) is 86.0 Å². The zero-order valence-corrected chi connectivity index (χ0v) is 21.4. The Morgan fingerprint density at radius 2 is 1.42 bits per heavy atom. The summed E-state index contributed by atoms with van der Waals surface area (Å²) in [7, 11) is 1.59. The molecule has 0 aromatic heterocycles. The molecule has 3 fully saturated rings. The summed E-state index contributed by atoms with van der Waals surface area (Å²) in [6.07, 6.45) is 6.57. The van der Waals surface area contributed by atoms with Crippen molar-refractivity contribution >= 4 is 0 Å². The molecule has 3 heterocycles. The Morgan fingerprint density at radius 3 is 2.12 bits per heavy atom. The molecular weight excluding hydrogens is 428 g/mol. The molecule has 0 amide bonds. The highest BCUT2D eigenvalue weighted by molar-refractivity contribution is 5.01. The van der Waals surface area contributed by atoms with E-state index in [1.54, 1.807) is 7.11 Å². The maximum Gasteiger partial charge on any atom is 0.164 e. The Morgan fingerprint density at radius 1 is 0.758 bits per heavy atom. The molecule has 0 unspecified atom stereocenters. The molecule has 0 aromatic carbocycles. The van der Waals surface area contributed by atoms with Crippen LogP contribution in [0.25, 0.3) is 0 Å². The van der Waals surface area contributed by atoms with Crippen LogP contribution in [0, 0.1) is 0 Å². The van der Waals surface area contributed by atoms with Gasteiger partial charge in [0.05, 0.1) is 24.4 Å². The second-order valence-electron chi connectivity index (χ2n) is 10.5. The van der Waals surface area contributed by atoms with E-state index in [2.05, 4.69) is 6.92 Å². The summed E-state index contributed by atoms with van der Waals surface area (Å²) in [4.78, 5) is 0. The van der Waals surface area contributed by atoms with Gasteiger partial charge in [-0.2, -0.15) is 0 Å². The van der Waals surface area contributed by atoms with Crippen molar-refractivity contribution in [2.45, 2.75) is 140 Å². The molecule has 8 heteroatoms. The summed E-state index contributed by atoms with van der Waals surface area (Å²) in [5, 5.41) is 9.66. The highest BCUT2D eigenvalue weighted by Crippen LogP contribution is 2.42. The summed E-state index contributed by atoms with van der Waals surface area (Å²) >= 11 is 0. The quantitative estimate of drug-likeness (QED) is 0.318. The molecule has 7 atom stereocenters. The van der Waals surface area contributed by atoms with Crippen molar-refractivity contribution in [2.24, 2.45) is 0 Å². The molecule has 3 saturated heterocycles. The second kappa shape index (κ2) is 12.1. The van der Waals surface area contributed by atoms with Crippen LogP contribution in [-0.2, 0) is 33.2 Å². The second-order valence-corrected chi connectivity index (χ2v) is 10.5. The van der Waals surface area contributed by atoms with Crippen LogP contribution in [0.2, 0.25) is 0 Å². The average molecular weight is 475 g/mol. The average Bonchev–Trinajstić information content (AvgIpc) is 3.22. The number of aliphatic hydroxyl groups excluding tert-OH is 1. The first-order chi connectivity index (χ1) is 15.7. The Kier molecular flexibility index (Phi) is 9.98. The van der Waals surface area contributed by atoms with Gasteiger partial charge in [-0.3, -0.25) is 0 Å². The van der Waals surface area contributed by atoms with Crippen LogP contribution in [0.3, 0.4) is 0 Å². The van der Waals surface area contributed by atoms with Gasteiger partial charge in [-0.05, 0) is 40.5 Å². The Labute approximate surface area is 199 Å². The van der Waals surface area contributed by atoms with Crippen molar-refractivity contribution in [3.05, 3.63) is 0 Å². The van der Waals surface area contributed by atoms with E-state index in [4.69, 9.17) is 33.2 Å². The molecule has 0 saturated carbocycles. The van der Waals surface area contributed by atoms with Gasteiger partial charge in [0.15, 0.2) is 11.6 Å². The van der Waals surface area contributed by atoms with E-state index >= 15 is 0 Å². The van der Waals surface area contributed by atoms with Crippen molar-refractivity contribution in [3.63, 3.8) is 0 Å². The van der Waals surface area contributed by atoms with Crippen molar-refractivity contribution < 1.29 is 38.3 Å². The van der Waals surface area contributed by atoms with Gasteiger partial charge in [0.1, 0.15) is 25.1 Å². The van der Waals surface area contributed by atoms with E-state index in [1.807, 2.05) is 27.7 Å². The first kappa shape index (κ1) is 27.3. The minimum absolute atomic E-state index is 0.00230. The predicted molar refractivity (Wildman–Crippen MR) is 123 cm³/mol. The molecular formula is C25H46O8. The van der Waals surface area contributed by atoms with E-state index in [1.165, 1.54) is 25.7 Å². The third-order valence-electron chi connectivity index (χ3n) is 6.70. The zero-order chi connectivity index (χ0) is 24.1. The molecule has 8 nitrogen and oxygen atoms in total. The Balaban J connectivity index is 1.70. The fraction of sp³-hybridized carbons (Fsp3) is 1.00. The predicted octanol–water partition coefficient (Wildman–Crippen LogP) is 3.92. The normalized spacial score (nSPS) is 37.4. The number of fused-ring (bicyclic) bond motifs is 1. The lowest BCUT2D eigenvalue weighted by molar-refractivity contribution is -0.232. The third-order valence-corrected chi connectivity index (χ3v) is 6.70. The van der Waals surface area contributed by atoms with Crippen LogP contribution in [0.5, 0.6) is 0 Å². The van der Waals surface area contributed by atoms with E-state index in [-0.39, 0.29) is 56.1 Å². The molecule has 33 heavy (non-hydrogen) atoms. The summed E-state index contributed by atoms with van der Waals surface area (Å²) in [6.45, 7) is 10.1. The maximum absolute atomic E-state index is 9.66. The third kappa shape index (κ3) is 7.34. The van der Waals surface area contributed by atoms with Crippen LogP contribution < -0.4 is 0 Å². The first-order valence-electron chi connectivity index (χ1n) is 12.8. The lowest BCUT2D eigenvalue weighted by Crippen LogP contribution is -2.58. The van der Waals surface area contributed by atoms with Crippen molar-refractivity contribution in [2.75, 3.05) is 20.5 Å². The van der Waals surface area contributed by atoms with Crippen molar-refractivity contribution in [3.8, 4) is 0 Å². The van der Waals surface area contributed by atoms with Crippen molar-refractivity contribution in [1.29, 1.82) is 0 Å². The van der Waals surface area contributed by atoms with Crippen LogP contribution >= 0.6 is 0 Å². The number of hydrogen-bond donors (Lipinski definition) is 1. The van der Waals surface area contributed by atoms with Gasteiger partial charge in [-0.15, -0.1) is 0 Å². The number of aliphatic hydroxyl groups is 1. The van der Waals surface area contributed by atoms with Gasteiger partial charge in [0.2, 0.25) is 0 Å². The van der Waals surface area contributed by atoms with Crippen LogP contribution in [-0.4, -0.2) is 79.9 Å². The monoisotopic (exact) mass is 474 g/mol. The standard InChI is InChI=1S/C25H46O8/c1-7-8-9-10-11-12-17-19(31-24(2,3)30-17)15-20-22-23(33-25(4,5)32-22)21(28-16-27-6)18(29-20)13-14-26/h17-23,26H,7-16H2,1-6H3/t17-,18+,19-,20-,21-,22-,23+/m1/s1. The highest BCUT2D eigenvalue weighted by atomic mass is 16.8. The lowest BCUT2D eigenvalue weighted by Gasteiger charge is -2.43. The van der Waals surface area contributed by atoms with Crippen LogP contribution in [0.15, 0.2) is 0 Å². The van der Waals surface area contributed by atoms with E-state index in [9.17, 15) is 5.11 Å². The molecule has 3 rings (SSSR count). The molecule has 3 aliphatic heterocycles. The van der Waals surface area contributed by atoms with Gasteiger partial charge in [-0.1, -0.05) is 39.0 Å². The summed E-state index contributed by atoms with van der Waals surface area (Å²) in [6, 6.07) is 0. The van der Waals surface area contributed by atoms with Gasteiger partial charge < -0.3 is 38.3 Å². The van der Waals surface area contributed by atoms with E-state index < -0.39 is 11.6 Å². The smallest absolute Gasteiger partial charge is 0.164 e. The van der Waals surface area contributed by atoms with E-state index in [0.29, 0.717) is 12.8 Å². The zero-order valence-electron chi connectivity index (χ0n) is 21.4. The number of methoxy groups -OCH3 is 1. The molecule has 3 aliphatic rings. The molecule has 0 aromatic rings. The lowest BCUT2D eigenvalue weighted by atomic mass is 9.89. The fourth-order valence-corrected chi connectivity index (χ4v) is 5.38. The molecule has 1 N–H and O–H groups in total. The molecule has 0 spiro atoms. The van der Waals surface area contributed by atoms with Crippen LogP contribution in [0.4, 0.5) is 0 Å². The molecule has 194 valence electrons. The minimum atomic E-state index is -0.745. The summed E-state index contributed by atoms with van der Waals surface area (Å²) in [5.41, 5.74) is 0. The summed E-state index contributed by atoms with van der Waals surface area (Å²) in [5.74, 6) is -1.36. The highest BCUT2D eigenvalue weighted by Gasteiger charge is 2.56. The number of rotatable bonds is 13. The van der Waals surface area contributed by atoms with Crippen molar-refractivity contribution in [1.82, 2.24) is 0 Å². The number of ether oxygens (including phenoxy) is 7.